The minimum atomic E-state index is -0.312. The van der Waals surface area contributed by atoms with Gasteiger partial charge in [-0.1, -0.05) is 18.9 Å². The van der Waals surface area contributed by atoms with Crippen LogP contribution in [0.2, 0.25) is 0 Å². The minimum Gasteiger partial charge on any atom is -0.493 e. The summed E-state index contributed by atoms with van der Waals surface area (Å²) in [4.78, 5) is 11.7. The fourth-order valence-electron chi connectivity index (χ4n) is 2.26. The lowest BCUT2D eigenvalue weighted by molar-refractivity contribution is -0.111. The van der Waals surface area contributed by atoms with Gasteiger partial charge in [-0.05, 0) is 36.5 Å². The van der Waals surface area contributed by atoms with E-state index in [9.17, 15) is 4.79 Å². The van der Waals surface area contributed by atoms with Gasteiger partial charge in [-0.3, -0.25) is 9.48 Å². The SMILES string of the molecule is CCCC#CC(=O)Nc1cnn(CCc2ccc(OC)c(OC)c2)c1. The van der Waals surface area contributed by atoms with E-state index in [1.807, 2.05) is 25.1 Å². The van der Waals surface area contributed by atoms with Gasteiger partial charge in [0.25, 0.3) is 5.91 Å². The van der Waals surface area contributed by atoms with Crippen LogP contribution < -0.4 is 14.8 Å². The largest absolute Gasteiger partial charge is 0.493 e. The van der Waals surface area contributed by atoms with Gasteiger partial charge >= 0.3 is 0 Å². The summed E-state index contributed by atoms with van der Waals surface area (Å²) in [6.07, 6.45) is 5.85. The molecule has 0 aliphatic rings. The van der Waals surface area contributed by atoms with Crippen molar-refractivity contribution in [1.29, 1.82) is 0 Å². The van der Waals surface area contributed by atoms with Crippen molar-refractivity contribution in [1.82, 2.24) is 9.78 Å². The average molecular weight is 341 g/mol. The normalized spacial score (nSPS) is 9.88. The number of rotatable bonds is 7. The van der Waals surface area contributed by atoms with Crippen LogP contribution in [-0.2, 0) is 17.8 Å². The molecule has 1 aromatic heterocycles. The fraction of sp³-hybridized carbons (Fsp3) is 0.368. The van der Waals surface area contributed by atoms with Crippen molar-refractivity contribution in [3.05, 3.63) is 36.2 Å². The second-order valence-electron chi connectivity index (χ2n) is 5.44. The molecule has 132 valence electrons. The highest BCUT2D eigenvalue weighted by Crippen LogP contribution is 2.27. The van der Waals surface area contributed by atoms with Gasteiger partial charge < -0.3 is 14.8 Å². The summed E-state index contributed by atoms with van der Waals surface area (Å²) in [5.41, 5.74) is 1.76. The Hall–Kier alpha value is -2.94. The smallest absolute Gasteiger partial charge is 0.300 e. The zero-order valence-electron chi connectivity index (χ0n) is 14.8. The summed E-state index contributed by atoms with van der Waals surface area (Å²) >= 11 is 0. The molecular weight excluding hydrogens is 318 g/mol. The zero-order chi connectivity index (χ0) is 18.1. The van der Waals surface area contributed by atoms with Gasteiger partial charge in [0.1, 0.15) is 0 Å². The Morgan fingerprint density at radius 3 is 2.80 bits per heavy atom. The minimum absolute atomic E-state index is 0.312. The summed E-state index contributed by atoms with van der Waals surface area (Å²) in [6.45, 7) is 2.71. The predicted molar refractivity (Wildman–Crippen MR) is 96.8 cm³/mol. The van der Waals surface area contributed by atoms with Crippen molar-refractivity contribution in [2.75, 3.05) is 19.5 Å². The molecule has 0 fully saturated rings. The van der Waals surface area contributed by atoms with E-state index in [-0.39, 0.29) is 5.91 Å². The Balaban J connectivity index is 1.91. The van der Waals surface area contributed by atoms with Crippen molar-refractivity contribution in [3.8, 4) is 23.3 Å². The van der Waals surface area contributed by atoms with Gasteiger partial charge in [-0.2, -0.15) is 5.10 Å². The molecule has 0 unspecified atom stereocenters. The van der Waals surface area contributed by atoms with Crippen molar-refractivity contribution in [3.63, 3.8) is 0 Å². The maximum absolute atomic E-state index is 11.7. The molecule has 0 aliphatic heterocycles. The first-order valence-electron chi connectivity index (χ1n) is 8.19. The lowest BCUT2D eigenvalue weighted by Crippen LogP contribution is -2.08. The first kappa shape index (κ1) is 18.4. The summed E-state index contributed by atoms with van der Waals surface area (Å²) in [5, 5.41) is 6.98. The molecule has 0 bridgehead atoms. The molecule has 1 amide bonds. The highest BCUT2D eigenvalue weighted by Gasteiger charge is 2.06. The molecule has 25 heavy (non-hydrogen) atoms. The van der Waals surface area contributed by atoms with Crippen molar-refractivity contribution in [2.24, 2.45) is 0 Å². The van der Waals surface area contributed by atoms with E-state index in [1.165, 1.54) is 0 Å². The number of aryl methyl sites for hydroxylation is 2. The van der Waals surface area contributed by atoms with Gasteiger partial charge in [-0.25, -0.2) is 0 Å². The average Bonchev–Trinajstić information content (AvgIpc) is 3.07. The number of nitrogens with zero attached hydrogens (tertiary/aromatic N) is 2. The van der Waals surface area contributed by atoms with Crippen LogP contribution in [0.1, 0.15) is 25.3 Å². The molecule has 0 saturated carbocycles. The quantitative estimate of drug-likeness (QED) is 0.787. The van der Waals surface area contributed by atoms with Gasteiger partial charge in [0.2, 0.25) is 0 Å². The van der Waals surface area contributed by atoms with Crippen LogP contribution in [0.25, 0.3) is 0 Å². The molecule has 2 aromatic rings. The maximum atomic E-state index is 11.7. The Morgan fingerprint density at radius 2 is 2.08 bits per heavy atom. The third kappa shape index (κ3) is 5.57. The summed E-state index contributed by atoms with van der Waals surface area (Å²) in [6, 6.07) is 5.84. The van der Waals surface area contributed by atoms with Crippen molar-refractivity contribution < 1.29 is 14.3 Å². The lowest BCUT2D eigenvalue weighted by Gasteiger charge is -2.09. The third-order valence-corrected chi connectivity index (χ3v) is 3.55. The van der Waals surface area contributed by atoms with Gasteiger partial charge in [0.05, 0.1) is 26.1 Å². The standard InChI is InChI=1S/C19H23N3O3/c1-4-5-6-7-19(23)21-16-13-20-22(14-16)11-10-15-8-9-17(24-2)18(12-15)25-3/h8-9,12-14H,4-5,10-11H2,1-3H3,(H,21,23). The number of unbranched alkanes of at least 4 members (excludes halogenated alkanes) is 1. The molecule has 0 atom stereocenters. The molecule has 6 heteroatoms. The van der Waals surface area contributed by atoms with E-state index in [1.54, 1.807) is 31.3 Å². The monoisotopic (exact) mass is 341 g/mol. The number of nitrogens with one attached hydrogen (secondary N) is 1. The van der Waals surface area contributed by atoms with Crippen LogP contribution in [0.3, 0.4) is 0 Å². The molecule has 0 spiro atoms. The van der Waals surface area contributed by atoms with E-state index in [0.717, 1.165) is 24.8 Å². The van der Waals surface area contributed by atoms with Crippen LogP contribution >= 0.6 is 0 Å². The van der Waals surface area contributed by atoms with Gasteiger partial charge in [0.15, 0.2) is 11.5 Å². The number of benzene rings is 1. The Bertz CT molecular complexity index is 772. The van der Waals surface area contributed by atoms with Crippen molar-refractivity contribution in [2.45, 2.75) is 32.7 Å². The fourth-order valence-corrected chi connectivity index (χ4v) is 2.26. The zero-order valence-corrected chi connectivity index (χ0v) is 14.8. The van der Waals surface area contributed by atoms with Crippen molar-refractivity contribution >= 4 is 11.6 Å². The Kier molecular flexibility index (Phi) is 6.90. The number of carbonyl (C=O) groups is 1. The first-order valence-corrected chi connectivity index (χ1v) is 8.19. The predicted octanol–water partition coefficient (Wildman–Crippen LogP) is 2.89. The number of methoxy groups -OCH3 is 2. The molecule has 6 nitrogen and oxygen atoms in total. The maximum Gasteiger partial charge on any atom is 0.300 e. The molecule has 1 N–H and O–H groups in total. The Labute approximate surface area is 148 Å². The van der Waals surface area contributed by atoms with Gasteiger partial charge in [-0.15, -0.1) is 0 Å². The van der Waals surface area contributed by atoms with Crippen LogP contribution in [0.5, 0.6) is 11.5 Å². The highest BCUT2D eigenvalue weighted by atomic mass is 16.5. The Morgan fingerprint density at radius 1 is 1.28 bits per heavy atom. The summed E-state index contributed by atoms with van der Waals surface area (Å²) < 4.78 is 12.3. The van der Waals surface area contributed by atoms with Crippen LogP contribution in [0, 0.1) is 11.8 Å². The van der Waals surface area contributed by atoms with E-state index in [4.69, 9.17) is 9.47 Å². The second kappa shape index (κ2) is 9.38. The molecule has 1 heterocycles. The van der Waals surface area contributed by atoms with E-state index >= 15 is 0 Å². The van der Waals surface area contributed by atoms with E-state index < -0.39 is 0 Å². The molecule has 2 rings (SSSR count). The second-order valence-corrected chi connectivity index (χ2v) is 5.44. The number of ether oxygens (including phenoxy) is 2. The molecule has 0 radical (unpaired) electrons. The van der Waals surface area contributed by atoms with Crippen LogP contribution in [0.4, 0.5) is 5.69 Å². The molecule has 0 saturated heterocycles. The van der Waals surface area contributed by atoms with E-state index in [0.29, 0.717) is 23.7 Å². The third-order valence-electron chi connectivity index (χ3n) is 3.55. The number of aromatic nitrogens is 2. The topological polar surface area (TPSA) is 65.4 Å². The number of anilines is 1. The lowest BCUT2D eigenvalue weighted by atomic mass is 10.1. The van der Waals surface area contributed by atoms with E-state index in [2.05, 4.69) is 22.3 Å². The summed E-state index contributed by atoms with van der Waals surface area (Å²) in [7, 11) is 3.23. The number of hydrogen-bond donors (Lipinski definition) is 1. The molecule has 0 aliphatic carbocycles. The molecule has 1 aromatic carbocycles. The summed E-state index contributed by atoms with van der Waals surface area (Å²) in [5.74, 6) is 6.48. The van der Waals surface area contributed by atoms with Gasteiger partial charge in [0, 0.05) is 19.2 Å². The van der Waals surface area contributed by atoms with Crippen LogP contribution in [-0.4, -0.2) is 29.9 Å². The van der Waals surface area contributed by atoms with Crippen LogP contribution in [0.15, 0.2) is 30.6 Å². The molecular formula is C19H23N3O3. The number of carbonyl (C=O) groups excluding carboxylic acids is 1. The number of amides is 1. The number of hydrogen-bond acceptors (Lipinski definition) is 4. The first-order chi connectivity index (χ1) is 12.2. The highest BCUT2D eigenvalue weighted by molar-refractivity contribution is 6.03.